The van der Waals surface area contributed by atoms with Gasteiger partial charge >= 0.3 is 5.97 Å². The van der Waals surface area contributed by atoms with E-state index in [0.29, 0.717) is 24.5 Å². The van der Waals surface area contributed by atoms with Gasteiger partial charge in [-0.05, 0) is 25.2 Å². The highest BCUT2D eigenvalue weighted by atomic mass is 16.5. The summed E-state index contributed by atoms with van der Waals surface area (Å²) < 4.78 is 10.2. The van der Waals surface area contributed by atoms with Gasteiger partial charge in [-0.25, -0.2) is 0 Å². The molecule has 0 aromatic carbocycles. The van der Waals surface area contributed by atoms with E-state index in [9.17, 15) is 4.79 Å². The number of ether oxygens (including phenoxy) is 2. The second-order valence-electron chi connectivity index (χ2n) is 3.65. The number of methoxy groups -OCH3 is 1. The molecule has 2 bridgehead atoms. The number of fused-ring (bicyclic) bond motifs is 2. The molecule has 2 heterocycles. The number of carbonyl (C=O) groups excluding carboxylic acids is 1. The SMILES string of the molecule is COC(=O)CC1C[C@H]2CC[C@@H]1O2. The van der Waals surface area contributed by atoms with Crippen molar-refractivity contribution in [2.75, 3.05) is 7.11 Å². The lowest BCUT2D eigenvalue weighted by Gasteiger charge is -2.16. The molecule has 0 aromatic heterocycles. The molecule has 0 aromatic rings. The molecule has 0 saturated carbocycles. The summed E-state index contributed by atoms with van der Waals surface area (Å²) in [6.07, 6.45) is 4.69. The predicted octanol–water partition coefficient (Wildman–Crippen LogP) is 1.12. The summed E-state index contributed by atoms with van der Waals surface area (Å²) in [5.41, 5.74) is 0. The average molecular weight is 170 g/mol. The molecule has 12 heavy (non-hydrogen) atoms. The van der Waals surface area contributed by atoms with Crippen molar-refractivity contribution in [1.29, 1.82) is 0 Å². The van der Waals surface area contributed by atoms with Crippen LogP contribution in [0.2, 0.25) is 0 Å². The molecule has 2 saturated heterocycles. The first-order valence-electron chi connectivity index (χ1n) is 4.52. The van der Waals surface area contributed by atoms with Crippen LogP contribution in [-0.2, 0) is 14.3 Å². The van der Waals surface area contributed by atoms with Crippen molar-refractivity contribution in [2.24, 2.45) is 5.92 Å². The fourth-order valence-corrected chi connectivity index (χ4v) is 2.26. The van der Waals surface area contributed by atoms with Gasteiger partial charge in [0.1, 0.15) is 0 Å². The second-order valence-corrected chi connectivity index (χ2v) is 3.65. The molecule has 0 aliphatic carbocycles. The van der Waals surface area contributed by atoms with Crippen LogP contribution in [0.3, 0.4) is 0 Å². The maximum Gasteiger partial charge on any atom is 0.305 e. The summed E-state index contributed by atoms with van der Waals surface area (Å²) in [5, 5.41) is 0. The van der Waals surface area contributed by atoms with Crippen LogP contribution in [0.15, 0.2) is 0 Å². The highest BCUT2D eigenvalue weighted by Gasteiger charge is 2.41. The van der Waals surface area contributed by atoms with Crippen LogP contribution in [0.5, 0.6) is 0 Å². The standard InChI is InChI=1S/C9H14O3/c1-11-9(10)5-6-4-7-2-3-8(6)12-7/h6-8H,2-5H2,1H3/t6?,7-,8+/m1/s1. The van der Waals surface area contributed by atoms with E-state index >= 15 is 0 Å². The molecular weight excluding hydrogens is 156 g/mol. The van der Waals surface area contributed by atoms with Gasteiger partial charge in [0.05, 0.1) is 25.7 Å². The van der Waals surface area contributed by atoms with E-state index in [0.717, 1.165) is 12.8 Å². The summed E-state index contributed by atoms with van der Waals surface area (Å²) in [6, 6.07) is 0. The minimum Gasteiger partial charge on any atom is -0.469 e. The minimum atomic E-state index is -0.101. The molecule has 3 heteroatoms. The molecule has 0 radical (unpaired) electrons. The van der Waals surface area contributed by atoms with Gasteiger partial charge in [-0.15, -0.1) is 0 Å². The Bertz CT molecular complexity index is 190. The van der Waals surface area contributed by atoms with Gasteiger partial charge in [0.2, 0.25) is 0 Å². The Morgan fingerprint density at radius 2 is 2.42 bits per heavy atom. The molecular formula is C9H14O3. The molecule has 2 fully saturated rings. The van der Waals surface area contributed by atoms with Crippen LogP contribution < -0.4 is 0 Å². The maximum atomic E-state index is 11.0. The van der Waals surface area contributed by atoms with Gasteiger partial charge in [-0.1, -0.05) is 0 Å². The fraction of sp³-hybridized carbons (Fsp3) is 0.889. The fourth-order valence-electron chi connectivity index (χ4n) is 2.26. The van der Waals surface area contributed by atoms with Crippen LogP contribution in [0.25, 0.3) is 0 Å². The van der Waals surface area contributed by atoms with Crippen molar-refractivity contribution in [3.05, 3.63) is 0 Å². The Kier molecular flexibility index (Phi) is 2.05. The molecule has 1 unspecified atom stereocenters. The number of carbonyl (C=O) groups is 1. The summed E-state index contributed by atoms with van der Waals surface area (Å²) in [6.45, 7) is 0. The lowest BCUT2D eigenvalue weighted by molar-refractivity contribution is -0.142. The maximum absolute atomic E-state index is 11.0. The van der Waals surface area contributed by atoms with Crippen molar-refractivity contribution >= 4 is 5.97 Å². The van der Waals surface area contributed by atoms with E-state index in [1.54, 1.807) is 0 Å². The van der Waals surface area contributed by atoms with E-state index < -0.39 is 0 Å². The van der Waals surface area contributed by atoms with Gasteiger partial charge in [-0.3, -0.25) is 4.79 Å². The molecule has 2 aliphatic rings. The Morgan fingerprint density at radius 3 is 2.92 bits per heavy atom. The molecule has 2 rings (SSSR count). The molecule has 0 amide bonds. The quantitative estimate of drug-likeness (QED) is 0.582. The monoisotopic (exact) mass is 170 g/mol. The van der Waals surface area contributed by atoms with Crippen molar-refractivity contribution in [3.63, 3.8) is 0 Å². The molecule has 0 N–H and O–H groups in total. The van der Waals surface area contributed by atoms with E-state index in [-0.39, 0.29) is 5.97 Å². The van der Waals surface area contributed by atoms with E-state index in [2.05, 4.69) is 4.74 Å². The zero-order valence-electron chi connectivity index (χ0n) is 7.29. The van der Waals surface area contributed by atoms with Gasteiger partial charge in [-0.2, -0.15) is 0 Å². The average Bonchev–Trinajstić information content (AvgIpc) is 2.64. The summed E-state index contributed by atoms with van der Waals surface area (Å²) in [4.78, 5) is 11.0. The lowest BCUT2D eigenvalue weighted by atomic mass is 9.87. The number of rotatable bonds is 2. The summed E-state index contributed by atoms with van der Waals surface area (Å²) >= 11 is 0. The summed E-state index contributed by atoms with van der Waals surface area (Å²) in [5.74, 6) is 0.326. The third-order valence-corrected chi connectivity index (χ3v) is 2.89. The highest BCUT2D eigenvalue weighted by Crippen LogP contribution is 2.40. The van der Waals surface area contributed by atoms with E-state index in [1.165, 1.54) is 13.5 Å². The topological polar surface area (TPSA) is 35.5 Å². The third kappa shape index (κ3) is 1.33. The number of hydrogen-bond donors (Lipinski definition) is 0. The second kappa shape index (κ2) is 3.05. The van der Waals surface area contributed by atoms with Crippen molar-refractivity contribution in [2.45, 2.75) is 37.9 Å². The first-order valence-corrected chi connectivity index (χ1v) is 4.52. The Hall–Kier alpha value is -0.570. The van der Waals surface area contributed by atoms with Gasteiger partial charge in [0, 0.05) is 0 Å². The molecule has 68 valence electrons. The van der Waals surface area contributed by atoms with Crippen LogP contribution in [0.1, 0.15) is 25.7 Å². The number of hydrogen-bond acceptors (Lipinski definition) is 3. The molecule has 3 atom stereocenters. The zero-order valence-corrected chi connectivity index (χ0v) is 7.29. The summed E-state index contributed by atoms with van der Waals surface area (Å²) in [7, 11) is 1.44. The van der Waals surface area contributed by atoms with E-state index in [4.69, 9.17) is 4.74 Å². The lowest BCUT2D eigenvalue weighted by Crippen LogP contribution is -2.20. The van der Waals surface area contributed by atoms with Crippen molar-refractivity contribution in [3.8, 4) is 0 Å². The van der Waals surface area contributed by atoms with Crippen molar-refractivity contribution in [1.82, 2.24) is 0 Å². The minimum absolute atomic E-state index is 0.101. The highest BCUT2D eigenvalue weighted by molar-refractivity contribution is 5.69. The molecule has 0 spiro atoms. The van der Waals surface area contributed by atoms with Crippen LogP contribution in [0, 0.1) is 5.92 Å². The van der Waals surface area contributed by atoms with Crippen LogP contribution in [0.4, 0.5) is 0 Å². The number of esters is 1. The smallest absolute Gasteiger partial charge is 0.305 e. The van der Waals surface area contributed by atoms with Gasteiger partial charge in [0.25, 0.3) is 0 Å². The third-order valence-electron chi connectivity index (χ3n) is 2.89. The Labute approximate surface area is 72.0 Å². The zero-order chi connectivity index (χ0) is 8.55. The van der Waals surface area contributed by atoms with Gasteiger partial charge in [0.15, 0.2) is 0 Å². The molecule has 3 nitrogen and oxygen atoms in total. The Balaban J connectivity index is 1.86. The van der Waals surface area contributed by atoms with Crippen molar-refractivity contribution < 1.29 is 14.3 Å². The largest absolute Gasteiger partial charge is 0.469 e. The van der Waals surface area contributed by atoms with Gasteiger partial charge < -0.3 is 9.47 Å². The van der Waals surface area contributed by atoms with E-state index in [1.807, 2.05) is 0 Å². The predicted molar refractivity (Wildman–Crippen MR) is 42.6 cm³/mol. The first kappa shape index (κ1) is 8.05. The molecule has 2 aliphatic heterocycles. The van der Waals surface area contributed by atoms with Crippen LogP contribution >= 0.6 is 0 Å². The Morgan fingerprint density at radius 1 is 1.58 bits per heavy atom. The first-order chi connectivity index (χ1) is 5.79. The normalized spacial score (nSPS) is 38.6. The van der Waals surface area contributed by atoms with Crippen LogP contribution in [-0.4, -0.2) is 25.3 Å².